The average molecular weight is 282 g/mol. The number of nitrogens with one attached hydrogen (secondary N) is 1. The third kappa shape index (κ3) is 3.28. The number of para-hydroxylation sites is 1. The predicted octanol–water partition coefficient (Wildman–Crippen LogP) is 2.16. The van der Waals surface area contributed by atoms with E-state index >= 15 is 0 Å². The molecule has 106 valence electrons. The van der Waals surface area contributed by atoms with Crippen molar-refractivity contribution in [2.45, 2.75) is 42.5 Å². The minimum absolute atomic E-state index is 0.154. The van der Waals surface area contributed by atoms with Gasteiger partial charge in [0.25, 0.3) is 0 Å². The zero-order valence-electron chi connectivity index (χ0n) is 11.4. The molecular formula is C14H22N2O2S. The molecule has 0 aliphatic heterocycles. The Kier molecular flexibility index (Phi) is 4.16. The summed E-state index contributed by atoms with van der Waals surface area (Å²) in [5.74, 6) is 0. The van der Waals surface area contributed by atoms with Gasteiger partial charge in [-0.15, -0.1) is 0 Å². The first kappa shape index (κ1) is 14.3. The van der Waals surface area contributed by atoms with E-state index in [-0.39, 0.29) is 5.54 Å². The molecule has 3 N–H and O–H groups in total. The highest BCUT2D eigenvalue weighted by Gasteiger charge is 2.31. The summed E-state index contributed by atoms with van der Waals surface area (Å²) in [6.07, 6.45) is 6.76. The van der Waals surface area contributed by atoms with Gasteiger partial charge in [0.05, 0.1) is 10.6 Å². The van der Waals surface area contributed by atoms with Crippen molar-refractivity contribution in [1.82, 2.24) is 0 Å². The lowest BCUT2D eigenvalue weighted by Crippen LogP contribution is -2.47. The van der Waals surface area contributed by atoms with Gasteiger partial charge in [0.2, 0.25) is 0 Å². The summed E-state index contributed by atoms with van der Waals surface area (Å²) in [5.41, 5.74) is 6.46. The second-order valence-corrected chi connectivity index (χ2v) is 7.42. The van der Waals surface area contributed by atoms with Gasteiger partial charge in [0, 0.05) is 18.3 Å². The monoisotopic (exact) mass is 282 g/mol. The molecule has 1 saturated carbocycles. The zero-order chi connectivity index (χ0) is 13.9. The summed E-state index contributed by atoms with van der Waals surface area (Å²) in [4.78, 5) is 0.355. The van der Waals surface area contributed by atoms with Crippen LogP contribution in [0.5, 0.6) is 0 Å². The molecule has 0 unspecified atom stereocenters. The van der Waals surface area contributed by atoms with Crippen LogP contribution in [-0.2, 0) is 9.84 Å². The van der Waals surface area contributed by atoms with Crippen LogP contribution in [-0.4, -0.2) is 26.8 Å². The minimum atomic E-state index is -3.22. The Balaban J connectivity index is 2.32. The van der Waals surface area contributed by atoms with Gasteiger partial charge in [-0.1, -0.05) is 31.4 Å². The molecular weight excluding hydrogens is 260 g/mol. The molecule has 1 fully saturated rings. The van der Waals surface area contributed by atoms with Gasteiger partial charge >= 0.3 is 0 Å². The first-order valence-electron chi connectivity index (χ1n) is 6.74. The lowest BCUT2D eigenvalue weighted by Gasteiger charge is -2.38. The Labute approximate surface area is 115 Å². The SMILES string of the molecule is CS(=O)(=O)c1ccccc1NC1(CN)CCCCC1. The fourth-order valence-corrected chi connectivity index (χ4v) is 3.63. The van der Waals surface area contributed by atoms with Crippen molar-refractivity contribution in [2.75, 3.05) is 18.1 Å². The number of sulfone groups is 1. The number of hydrogen-bond donors (Lipinski definition) is 2. The lowest BCUT2D eigenvalue weighted by atomic mass is 9.81. The molecule has 0 aromatic heterocycles. The molecule has 0 radical (unpaired) electrons. The van der Waals surface area contributed by atoms with Gasteiger partial charge in [-0.2, -0.15) is 0 Å². The van der Waals surface area contributed by atoms with Crippen LogP contribution < -0.4 is 11.1 Å². The quantitative estimate of drug-likeness (QED) is 0.887. The molecule has 0 saturated heterocycles. The largest absolute Gasteiger partial charge is 0.377 e. The van der Waals surface area contributed by atoms with Gasteiger partial charge in [0.15, 0.2) is 9.84 Å². The van der Waals surface area contributed by atoms with Crippen LogP contribution in [0.4, 0.5) is 5.69 Å². The van der Waals surface area contributed by atoms with Crippen LogP contribution in [0, 0.1) is 0 Å². The van der Waals surface area contributed by atoms with E-state index in [4.69, 9.17) is 5.73 Å². The van der Waals surface area contributed by atoms with Crippen molar-refractivity contribution in [3.05, 3.63) is 24.3 Å². The summed E-state index contributed by atoms with van der Waals surface area (Å²) in [5, 5.41) is 3.42. The second kappa shape index (κ2) is 5.51. The topological polar surface area (TPSA) is 72.2 Å². The highest BCUT2D eigenvalue weighted by molar-refractivity contribution is 7.90. The maximum absolute atomic E-state index is 11.8. The van der Waals surface area contributed by atoms with Crippen LogP contribution >= 0.6 is 0 Å². The van der Waals surface area contributed by atoms with Crippen LogP contribution in [0.15, 0.2) is 29.2 Å². The Hall–Kier alpha value is -1.07. The number of rotatable bonds is 4. The summed E-state index contributed by atoms with van der Waals surface area (Å²) in [6, 6.07) is 7.06. The van der Waals surface area contributed by atoms with E-state index in [1.54, 1.807) is 12.1 Å². The van der Waals surface area contributed by atoms with Crippen molar-refractivity contribution in [2.24, 2.45) is 5.73 Å². The fourth-order valence-electron chi connectivity index (χ4n) is 2.79. The van der Waals surface area contributed by atoms with Gasteiger partial charge in [-0.25, -0.2) is 8.42 Å². The number of hydrogen-bond acceptors (Lipinski definition) is 4. The molecule has 19 heavy (non-hydrogen) atoms. The number of anilines is 1. The van der Waals surface area contributed by atoms with Crippen LogP contribution in [0.3, 0.4) is 0 Å². The normalized spacial score (nSPS) is 19.1. The first-order chi connectivity index (χ1) is 8.97. The first-order valence-corrected chi connectivity index (χ1v) is 8.63. The summed E-state index contributed by atoms with van der Waals surface area (Å²) < 4.78 is 23.6. The maximum atomic E-state index is 11.8. The van der Waals surface area contributed by atoms with Gasteiger partial charge in [0.1, 0.15) is 0 Å². The smallest absolute Gasteiger partial charge is 0.177 e. The molecule has 5 heteroatoms. The Bertz CT molecular complexity index is 534. The summed E-state index contributed by atoms with van der Waals surface area (Å²) in [7, 11) is -3.22. The molecule has 0 heterocycles. The summed E-state index contributed by atoms with van der Waals surface area (Å²) in [6.45, 7) is 0.533. The van der Waals surface area contributed by atoms with Crippen molar-refractivity contribution < 1.29 is 8.42 Å². The Morgan fingerprint density at radius 2 is 1.84 bits per heavy atom. The standard InChI is InChI=1S/C14H22N2O2S/c1-19(17,18)13-8-4-3-7-12(13)16-14(11-15)9-5-2-6-10-14/h3-4,7-8,16H,2,5-6,9-11,15H2,1H3. The van der Waals surface area contributed by atoms with Crippen molar-refractivity contribution in [3.63, 3.8) is 0 Å². The van der Waals surface area contributed by atoms with Crippen LogP contribution in [0.2, 0.25) is 0 Å². The molecule has 0 amide bonds. The maximum Gasteiger partial charge on any atom is 0.177 e. The Morgan fingerprint density at radius 1 is 1.21 bits per heavy atom. The second-order valence-electron chi connectivity index (χ2n) is 5.44. The molecule has 2 rings (SSSR count). The van der Waals surface area contributed by atoms with Gasteiger partial charge < -0.3 is 11.1 Å². The highest BCUT2D eigenvalue weighted by Crippen LogP contribution is 2.33. The van der Waals surface area contributed by atoms with E-state index in [9.17, 15) is 8.42 Å². The molecule has 0 atom stereocenters. The van der Waals surface area contributed by atoms with Crippen molar-refractivity contribution in [3.8, 4) is 0 Å². The van der Waals surface area contributed by atoms with E-state index in [0.717, 1.165) is 25.7 Å². The minimum Gasteiger partial charge on any atom is -0.377 e. The molecule has 1 aliphatic carbocycles. The van der Waals surface area contributed by atoms with E-state index in [2.05, 4.69) is 5.32 Å². The van der Waals surface area contributed by atoms with Gasteiger partial charge in [-0.3, -0.25) is 0 Å². The molecule has 1 aromatic rings. The van der Waals surface area contributed by atoms with E-state index in [1.807, 2.05) is 12.1 Å². The van der Waals surface area contributed by atoms with E-state index in [1.165, 1.54) is 12.7 Å². The Morgan fingerprint density at radius 3 is 2.42 bits per heavy atom. The van der Waals surface area contributed by atoms with E-state index in [0.29, 0.717) is 17.1 Å². The lowest BCUT2D eigenvalue weighted by molar-refractivity contribution is 0.330. The molecule has 0 spiro atoms. The predicted molar refractivity (Wildman–Crippen MR) is 78.0 cm³/mol. The number of benzene rings is 1. The van der Waals surface area contributed by atoms with E-state index < -0.39 is 9.84 Å². The van der Waals surface area contributed by atoms with Crippen molar-refractivity contribution >= 4 is 15.5 Å². The van der Waals surface area contributed by atoms with Gasteiger partial charge in [-0.05, 0) is 25.0 Å². The fraction of sp³-hybridized carbons (Fsp3) is 0.571. The van der Waals surface area contributed by atoms with Crippen LogP contribution in [0.1, 0.15) is 32.1 Å². The highest BCUT2D eigenvalue weighted by atomic mass is 32.2. The molecule has 1 aromatic carbocycles. The van der Waals surface area contributed by atoms with Crippen molar-refractivity contribution in [1.29, 1.82) is 0 Å². The summed E-state index contributed by atoms with van der Waals surface area (Å²) >= 11 is 0. The third-order valence-corrected chi connectivity index (χ3v) is 5.04. The zero-order valence-corrected chi connectivity index (χ0v) is 12.2. The number of nitrogens with two attached hydrogens (primary N) is 1. The molecule has 4 nitrogen and oxygen atoms in total. The van der Waals surface area contributed by atoms with Crippen LogP contribution in [0.25, 0.3) is 0 Å². The average Bonchev–Trinajstić information content (AvgIpc) is 2.39. The molecule has 0 bridgehead atoms. The molecule has 1 aliphatic rings. The third-order valence-electron chi connectivity index (χ3n) is 3.89.